The highest BCUT2D eigenvalue weighted by molar-refractivity contribution is 6.05. The lowest BCUT2D eigenvalue weighted by Crippen LogP contribution is -2.14. The molecule has 0 radical (unpaired) electrons. The fraction of sp³-hybridized carbons (Fsp3) is 0.105. The summed E-state index contributed by atoms with van der Waals surface area (Å²) in [6, 6.07) is 13.2. The first-order valence-corrected chi connectivity index (χ1v) is 7.44. The molecule has 1 N–H and O–H groups in total. The molecule has 0 aliphatic carbocycles. The number of hydrogen-bond acceptors (Lipinski definition) is 3. The number of carbonyl (C=O) groups excluding carboxylic acids is 1. The van der Waals surface area contributed by atoms with Crippen molar-refractivity contribution in [3.63, 3.8) is 0 Å². The smallest absolute Gasteiger partial charge is 0.257 e. The van der Waals surface area contributed by atoms with E-state index in [-0.39, 0.29) is 5.91 Å². The zero-order chi connectivity index (χ0) is 16.2. The average molecular weight is 303 g/mol. The number of nitrogens with one attached hydrogen (secondary N) is 1. The summed E-state index contributed by atoms with van der Waals surface area (Å²) in [7, 11) is 0. The lowest BCUT2D eigenvalue weighted by atomic mass is 10.0. The Morgan fingerprint density at radius 1 is 1.17 bits per heavy atom. The van der Waals surface area contributed by atoms with Gasteiger partial charge in [0.05, 0.1) is 0 Å². The minimum atomic E-state index is -0.169. The van der Waals surface area contributed by atoms with Crippen LogP contribution in [0, 0.1) is 6.92 Å². The third-order valence-electron chi connectivity index (χ3n) is 3.56. The maximum absolute atomic E-state index is 12.5. The summed E-state index contributed by atoms with van der Waals surface area (Å²) in [6.07, 6.45) is 5.66. The Kier molecular flexibility index (Phi) is 4.15. The molecular formula is C19H17N3O. The summed E-state index contributed by atoms with van der Waals surface area (Å²) in [4.78, 5) is 21.0. The van der Waals surface area contributed by atoms with Gasteiger partial charge in [0.2, 0.25) is 0 Å². The van der Waals surface area contributed by atoms with E-state index in [0.29, 0.717) is 17.0 Å². The van der Waals surface area contributed by atoms with E-state index < -0.39 is 0 Å². The Labute approximate surface area is 134 Å². The Hall–Kier alpha value is -3.01. The van der Waals surface area contributed by atoms with Crippen molar-refractivity contribution in [1.82, 2.24) is 9.97 Å². The minimum Gasteiger partial charge on any atom is -0.306 e. The maximum Gasteiger partial charge on any atom is 0.257 e. The third kappa shape index (κ3) is 3.26. The fourth-order valence-electron chi connectivity index (χ4n) is 2.44. The predicted octanol–water partition coefficient (Wildman–Crippen LogP) is 4.22. The fourth-order valence-corrected chi connectivity index (χ4v) is 2.44. The van der Waals surface area contributed by atoms with E-state index in [1.807, 2.05) is 62.4 Å². The Bertz CT molecular complexity index is 900. The molecule has 3 rings (SSSR count). The SMILES string of the molecule is C/C=C/c1ccc(C(=O)Nc2ccc3cccnc3n2)c(C)c1. The molecule has 2 aromatic heterocycles. The van der Waals surface area contributed by atoms with Crippen molar-refractivity contribution in [2.45, 2.75) is 13.8 Å². The van der Waals surface area contributed by atoms with Crippen molar-refractivity contribution in [2.24, 2.45) is 0 Å². The first kappa shape index (κ1) is 14.9. The predicted molar refractivity (Wildman–Crippen MR) is 93.4 cm³/mol. The Morgan fingerprint density at radius 2 is 2.04 bits per heavy atom. The van der Waals surface area contributed by atoms with E-state index in [4.69, 9.17) is 0 Å². The summed E-state index contributed by atoms with van der Waals surface area (Å²) in [6.45, 7) is 3.90. The number of aryl methyl sites for hydroxylation is 1. The van der Waals surface area contributed by atoms with Crippen molar-refractivity contribution >= 4 is 28.8 Å². The van der Waals surface area contributed by atoms with Gasteiger partial charge >= 0.3 is 0 Å². The standard InChI is InChI=1S/C19H17N3O/c1-3-5-14-7-9-16(13(2)12-14)19(23)22-17-10-8-15-6-4-11-20-18(15)21-17/h3-12H,1-2H3,(H,20,21,22,23)/b5-3+. The van der Waals surface area contributed by atoms with Gasteiger partial charge in [0, 0.05) is 17.1 Å². The van der Waals surface area contributed by atoms with Crippen molar-refractivity contribution in [1.29, 1.82) is 0 Å². The number of aromatic nitrogens is 2. The summed E-state index contributed by atoms with van der Waals surface area (Å²) < 4.78 is 0. The molecule has 0 fully saturated rings. The molecule has 4 heteroatoms. The molecule has 23 heavy (non-hydrogen) atoms. The minimum absolute atomic E-state index is 0.169. The van der Waals surface area contributed by atoms with Gasteiger partial charge in [0.15, 0.2) is 5.65 Å². The van der Waals surface area contributed by atoms with Crippen molar-refractivity contribution in [3.8, 4) is 0 Å². The summed E-state index contributed by atoms with van der Waals surface area (Å²) in [5.74, 6) is 0.329. The Balaban J connectivity index is 1.85. The van der Waals surface area contributed by atoms with Crippen molar-refractivity contribution < 1.29 is 4.79 Å². The van der Waals surface area contributed by atoms with E-state index in [0.717, 1.165) is 16.5 Å². The van der Waals surface area contributed by atoms with Crippen LogP contribution in [-0.4, -0.2) is 15.9 Å². The van der Waals surface area contributed by atoms with Crippen LogP contribution in [-0.2, 0) is 0 Å². The summed E-state index contributed by atoms with van der Waals surface area (Å²) >= 11 is 0. The highest BCUT2D eigenvalue weighted by Crippen LogP contribution is 2.16. The zero-order valence-electron chi connectivity index (χ0n) is 13.1. The molecule has 3 aromatic rings. The molecule has 2 heterocycles. The molecule has 0 saturated heterocycles. The third-order valence-corrected chi connectivity index (χ3v) is 3.56. The van der Waals surface area contributed by atoms with Gasteiger partial charge in [-0.3, -0.25) is 4.79 Å². The summed E-state index contributed by atoms with van der Waals surface area (Å²) in [5, 5.41) is 3.78. The molecule has 0 aliphatic heterocycles. The molecule has 0 bridgehead atoms. The van der Waals surface area contributed by atoms with Gasteiger partial charge in [-0.15, -0.1) is 0 Å². The number of hydrogen-bond donors (Lipinski definition) is 1. The number of anilines is 1. The first-order chi connectivity index (χ1) is 11.2. The van der Waals surface area contributed by atoms with Crippen LogP contribution in [0.1, 0.15) is 28.4 Å². The van der Waals surface area contributed by atoms with Gasteiger partial charge in [-0.05, 0) is 55.3 Å². The van der Waals surface area contributed by atoms with Crippen LogP contribution in [0.5, 0.6) is 0 Å². The van der Waals surface area contributed by atoms with Gasteiger partial charge in [-0.25, -0.2) is 9.97 Å². The number of nitrogens with zero attached hydrogens (tertiary/aromatic N) is 2. The van der Waals surface area contributed by atoms with Gasteiger partial charge < -0.3 is 5.32 Å². The van der Waals surface area contributed by atoms with Gasteiger partial charge in [-0.1, -0.05) is 24.3 Å². The van der Waals surface area contributed by atoms with Crippen LogP contribution in [0.3, 0.4) is 0 Å². The topological polar surface area (TPSA) is 54.9 Å². The maximum atomic E-state index is 12.5. The number of amides is 1. The number of allylic oxidation sites excluding steroid dienone is 1. The molecule has 0 atom stereocenters. The molecule has 114 valence electrons. The van der Waals surface area contributed by atoms with E-state index in [1.54, 1.807) is 12.3 Å². The van der Waals surface area contributed by atoms with E-state index >= 15 is 0 Å². The number of rotatable bonds is 3. The second kappa shape index (κ2) is 6.40. The normalized spacial score (nSPS) is 11.0. The lowest BCUT2D eigenvalue weighted by Gasteiger charge is -2.08. The number of carbonyl (C=O) groups is 1. The van der Waals surface area contributed by atoms with E-state index in [1.165, 1.54) is 0 Å². The van der Waals surface area contributed by atoms with Crippen LogP contribution in [0.25, 0.3) is 17.1 Å². The number of pyridine rings is 2. The average Bonchev–Trinajstić information content (AvgIpc) is 2.55. The Morgan fingerprint density at radius 3 is 2.83 bits per heavy atom. The monoisotopic (exact) mass is 303 g/mol. The van der Waals surface area contributed by atoms with Crippen molar-refractivity contribution in [3.05, 3.63) is 71.4 Å². The quantitative estimate of drug-likeness (QED) is 0.788. The second-order valence-corrected chi connectivity index (χ2v) is 5.28. The summed E-state index contributed by atoms with van der Waals surface area (Å²) in [5.41, 5.74) is 3.26. The first-order valence-electron chi connectivity index (χ1n) is 7.44. The largest absolute Gasteiger partial charge is 0.306 e. The van der Waals surface area contributed by atoms with Gasteiger partial charge in [0.1, 0.15) is 5.82 Å². The van der Waals surface area contributed by atoms with Gasteiger partial charge in [-0.2, -0.15) is 0 Å². The number of fused-ring (bicyclic) bond motifs is 1. The van der Waals surface area contributed by atoms with Crippen LogP contribution >= 0.6 is 0 Å². The molecule has 0 aliphatic rings. The number of benzene rings is 1. The van der Waals surface area contributed by atoms with Gasteiger partial charge in [0.25, 0.3) is 5.91 Å². The molecular weight excluding hydrogens is 286 g/mol. The second-order valence-electron chi connectivity index (χ2n) is 5.28. The van der Waals surface area contributed by atoms with Crippen LogP contribution in [0.15, 0.2) is 54.7 Å². The molecule has 1 aromatic carbocycles. The molecule has 4 nitrogen and oxygen atoms in total. The molecule has 0 saturated carbocycles. The van der Waals surface area contributed by atoms with E-state index in [2.05, 4.69) is 15.3 Å². The lowest BCUT2D eigenvalue weighted by molar-refractivity contribution is 0.102. The van der Waals surface area contributed by atoms with Crippen LogP contribution in [0.4, 0.5) is 5.82 Å². The van der Waals surface area contributed by atoms with E-state index in [9.17, 15) is 4.79 Å². The highest BCUT2D eigenvalue weighted by Gasteiger charge is 2.10. The molecule has 0 spiro atoms. The van der Waals surface area contributed by atoms with Crippen molar-refractivity contribution in [2.75, 3.05) is 5.32 Å². The van der Waals surface area contributed by atoms with Crippen LogP contribution in [0.2, 0.25) is 0 Å². The molecule has 1 amide bonds. The molecule has 0 unspecified atom stereocenters. The highest BCUT2D eigenvalue weighted by atomic mass is 16.1. The van der Waals surface area contributed by atoms with Crippen LogP contribution < -0.4 is 5.32 Å². The zero-order valence-corrected chi connectivity index (χ0v) is 13.1.